The Bertz CT molecular complexity index is 767. The maximum atomic E-state index is 12.6. The Morgan fingerprint density at radius 1 is 1.33 bits per heavy atom. The number of aromatic nitrogens is 2. The largest absolute Gasteiger partial charge is 0.372 e. The number of benzene rings is 1. The molecule has 0 N–H and O–H groups in total. The van der Waals surface area contributed by atoms with Crippen LogP contribution in [0.1, 0.15) is 24.2 Å². The van der Waals surface area contributed by atoms with E-state index >= 15 is 0 Å². The van der Waals surface area contributed by atoms with Gasteiger partial charge < -0.3 is 9.64 Å². The van der Waals surface area contributed by atoms with E-state index < -0.39 is 4.92 Å². The molecule has 8 nitrogen and oxygen atoms in total. The Morgan fingerprint density at radius 2 is 2.04 bits per heavy atom. The number of carbonyl (C=O) groups excluding carboxylic acids is 1. The smallest absolute Gasteiger partial charge is 0.269 e. The molecule has 126 valence electrons. The highest BCUT2D eigenvalue weighted by atomic mass is 16.6. The van der Waals surface area contributed by atoms with Gasteiger partial charge in [-0.2, -0.15) is 5.10 Å². The lowest BCUT2D eigenvalue weighted by Gasteiger charge is -2.37. The van der Waals surface area contributed by atoms with Crippen LogP contribution in [0, 0.1) is 10.1 Å². The topological polar surface area (TPSA) is 90.5 Å². The molecule has 3 rings (SSSR count). The summed E-state index contributed by atoms with van der Waals surface area (Å²) in [6.45, 7) is 5.48. The first kappa shape index (κ1) is 16.1. The minimum atomic E-state index is -0.456. The van der Waals surface area contributed by atoms with Crippen molar-refractivity contribution in [3.63, 3.8) is 0 Å². The van der Waals surface area contributed by atoms with Gasteiger partial charge in [0.2, 0.25) is 0 Å². The van der Waals surface area contributed by atoms with Crippen LogP contribution in [0.3, 0.4) is 0 Å². The average molecular weight is 330 g/mol. The van der Waals surface area contributed by atoms with Gasteiger partial charge in [0.1, 0.15) is 0 Å². The zero-order valence-corrected chi connectivity index (χ0v) is 13.5. The van der Waals surface area contributed by atoms with E-state index in [4.69, 9.17) is 4.74 Å². The van der Waals surface area contributed by atoms with Gasteiger partial charge in [0.15, 0.2) is 0 Å². The van der Waals surface area contributed by atoms with Crippen molar-refractivity contribution in [2.24, 2.45) is 0 Å². The van der Waals surface area contributed by atoms with Crippen molar-refractivity contribution in [3.8, 4) is 5.69 Å². The van der Waals surface area contributed by atoms with Gasteiger partial charge in [-0.05, 0) is 26.0 Å². The summed E-state index contributed by atoms with van der Waals surface area (Å²) in [5, 5.41) is 14.9. The van der Waals surface area contributed by atoms with E-state index in [1.165, 1.54) is 23.0 Å². The van der Waals surface area contributed by atoms with Crippen LogP contribution in [0.2, 0.25) is 0 Å². The fourth-order valence-electron chi connectivity index (χ4n) is 2.67. The van der Waals surface area contributed by atoms with Crippen LogP contribution in [0.4, 0.5) is 5.69 Å². The number of hydrogen-bond donors (Lipinski definition) is 0. The molecule has 0 bridgehead atoms. The third-order valence-electron chi connectivity index (χ3n) is 3.87. The predicted octanol–water partition coefficient (Wildman–Crippen LogP) is 2.03. The normalized spacial score (nSPS) is 16.8. The molecule has 0 spiro atoms. The van der Waals surface area contributed by atoms with Gasteiger partial charge in [0.05, 0.1) is 34.6 Å². The Balaban J connectivity index is 1.77. The highest BCUT2D eigenvalue weighted by Crippen LogP contribution is 2.19. The number of non-ortho nitro benzene ring substituents is 1. The zero-order valence-electron chi connectivity index (χ0n) is 13.5. The second-order valence-electron chi connectivity index (χ2n) is 6.28. The van der Waals surface area contributed by atoms with Gasteiger partial charge in [-0.1, -0.05) is 0 Å². The minimum Gasteiger partial charge on any atom is -0.372 e. The molecule has 1 aromatic heterocycles. The lowest BCUT2D eigenvalue weighted by molar-refractivity contribution is -0.384. The molecular formula is C16H18N4O4. The van der Waals surface area contributed by atoms with Crippen LogP contribution in [0.15, 0.2) is 36.7 Å². The van der Waals surface area contributed by atoms with E-state index in [0.29, 0.717) is 30.9 Å². The van der Waals surface area contributed by atoms with Gasteiger partial charge in [0.25, 0.3) is 11.6 Å². The van der Waals surface area contributed by atoms with Crippen LogP contribution in [0.25, 0.3) is 5.69 Å². The summed E-state index contributed by atoms with van der Waals surface area (Å²) in [5.74, 6) is -0.0977. The molecule has 0 unspecified atom stereocenters. The van der Waals surface area contributed by atoms with Gasteiger partial charge in [0, 0.05) is 31.4 Å². The third-order valence-corrected chi connectivity index (χ3v) is 3.87. The molecule has 2 heterocycles. The monoisotopic (exact) mass is 330 g/mol. The molecule has 1 aliphatic heterocycles. The summed E-state index contributed by atoms with van der Waals surface area (Å²) in [4.78, 5) is 24.6. The summed E-state index contributed by atoms with van der Waals surface area (Å²) in [6.07, 6.45) is 3.14. The maximum absolute atomic E-state index is 12.6. The van der Waals surface area contributed by atoms with Gasteiger partial charge in [-0.25, -0.2) is 4.68 Å². The summed E-state index contributed by atoms with van der Waals surface area (Å²) in [7, 11) is 0. The molecule has 1 aromatic carbocycles. The van der Waals surface area contributed by atoms with Crippen LogP contribution < -0.4 is 0 Å². The van der Waals surface area contributed by atoms with Crippen molar-refractivity contribution in [1.82, 2.24) is 14.7 Å². The molecule has 0 aliphatic carbocycles. The summed E-state index contributed by atoms with van der Waals surface area (Å²) >= 11 is 0. The van der Waals surface area contributed by atoms with E-state index in [0.717, 1.165) is 0 Å². The molecular weight excluding hydrogens is 312 g/mol. The molecule has 0 atom stereocenters. The van der Waals surface area contributed by atoms with Gasteiger partial charge in [-0.3, -0.25) is 14.9 Å². The number of carbonyl (C=O) groups is 1. The molecule has 1 fully saturated rings. The lowest BCUT2D eigenvalue weighted by Crippen LogP contribution is -2.50. The second kappa shape index (κ2) is 6.04. The number of ether oxygens (including phenoxy) is 1. The van der Waals surface area contributed by atoms with Gasteiger partial charge >= 0.3 is 0 Å². The minimum absolute atomic E-state index is 0.0118. The number of morpholine rings is 1. The molecule has 1 amide bonds. The first-order valence-corrected chi connectivity index (χ1v) is 7.58. The van der Waals surface area contributed by atoms with Gasteiger partial charge in [-0.15, -0.1) is 0 Å². The second-order valence-corrected chi connectivity index (χ2v) is 6.28. The lowest BCUT2D eigenvalue weighted by atomic mass is 10.1. The Hall–Kier alpha value is -2.74. The fraction of sp³-hybridized carbons (Fsp3) is 0.375. The molecule has 0 saturated carbocycles. The number of nitro benzene ring substituents is 1. The molecule has 1 saturated heterocycles. The number of hydrogen-bond acceptors (Lipinski definition) is 5. The number of rotatable bonds is 3. The van der Waals surface area contributed by atoms with Crippen LogP contribution in [-0.2, 0) is 4.74 Å². The Labute approximate surface area is 138 Å². The van der Waals surface area contributed by atoms with Crippen LogP contribution in [-0.4, -0.2) is 50.8 Å². The molecule has 0 radical (unpaired) electrons. The van der Waals surface area contributed by atoms with Crippen molar-refractivity contribution in [2.45, 2.75) is 19.4 Å². The molecule has 24 heavy (non-hydrogen) atoms. The number of nitrogens with zero attached hydrogens (tertiary/aromatic N) is 4. The summed E-state index contributed by atoms with van der Waals surface area (Å²) < 4.78 is 7.15. The quantitative estimate of drug-likeness (QED) is 0.634. The Kier molecular flexibility index (Phi) is 4.06. The number of amides is 1. The molecule has 8 heteroatoms. The van der Waals surface area contributed by atoms with E-state index in [1.54, 1.807) is 23.2 Å². The fourth-order valence-corrected chi connectivity index (χ4v) is 2.67. The predicted molar refractivity (Wildman–Crippen MR) is 86.2 cm³/mol. The average Bonchev–Trinajstić information content (AvgIpc) is 3.03. The summed E-state index contributed by atoms with van der Waals surface area (Å²) in [5.41, 5.74) is 0.785. The molecule has 1 aliphatic rings. The van der Waals surface area contributed by atoms with E-state index in [9.17, 15) is 14.9 Å². The maximum Gasteiger partial charge on any atom is 0.269 e. The highest BCUT2D eigenvalue weighted by molar-refractivity contribution is 5.94. The summed E-state index contributed by atoms with van der Waals surface area (Å²) in [6, 6.07) is 6.00. The third kappa shape index (κ3) is 3.28. The first-order chi connectivity index (χ1) is 11.4. The Morgan fingerprint density at radius 3 is 2.67 bits per heavy atom. The van der Waals surface area contributed by atoms with E-state index in [1.807, 2.05) is 13.8 Å². The SMILES string of the molecule is CC1(C)CN(C(=O)c2cnn(-c3ccc([N+](=O)[O-])cc3)c2)CCO1. The van der Waals surface area contributed by atoms with Crippen molar-refractivity contribution < 1.29 is 14.5 Å². The zero-order chi connectivity index (χ0) is 17.3. The van der Waals surface area contributed by atoms with Crippen LogP contribution in [0.5, 0.6) is 0 Å². The van der Waals surface area contributed by atoms with E-state index in [-0.39, 0.29) is 17.2 Å². The van der Waals surface area contributed by atoms with Crippen molar-refractivity contribution in [1.29, 1.82) is 0 Å². The highest BCUT2D eigenvalue weighted by Gasteiger charge is 2.30. The number of nitro groups is 1. The standard InChI is InChI=1S/C16H18N4O4/c1-16(2)11-18(7-8-24-16)15(21)12-9-17-19(10-12)13-3-5-14(6-4-13)20(22)23/h3-6,9-10H,7-8,11H2,1-2H3. The van der Waals surface area contributed by atoms with Crippen LogP contribution >= 0.6 is 0 Å². The van der Waals surface area contributed by atoms with E-state index in [2.05, 4.69) is 5.10 Å². The first-order valence-electron chi connectivity index (χ1n) is 7.58. The van der Waals surface area contributed by atoms with Crippen molar-refractivity contribution >= 4 is 11.6 Å². The van der Waals surface area contributed by atoms with Crippen molar-refractivity contribution in [2.75, 3.05) is 19.7 Å². The molecule has 2 aromatic rings. The van der Waals surface area contributed by atoms with Crippen molar-refractivity contribution in [3.05, 3.63) is 52.3 Å².